The van der Waals surface area contributed by atoms with E-state index >= 15 is 0 Å². The number of carbonyl (C=O) groups excluding carboxylic acids is 2. The minimum absolute atomic E-state index is 0.0898. The molecule has 1 fully saturated rings. The lowest BCUT2D eigenvalue weighted by Gasteiger charge is -2.24. The van der Waals surface area contributed by atoms with Crippen molar-refractivity contribution < 1.29 is 14.3 Å². The molecule has 0 atom stereocenters. The average molecular weight is 231 g/mol. The summed E-state index contributed by atoms with van der Waals surface area (Å²) in [6.07, 6.45) is 2.73. The Morgan fingerprint density at radius 2 is 2.18 bits per heavy atom. The Kier molecular flexibility index (Phi) is 2.02. The van der Waals surface area contributed by atoms with Crippen LogP contribution in [0, 0.1) is 5.41 Å². The van der Waals surface area contributed by atoms with Gasteiger partial charge in [-0.2, -0.15) is 0 Å². The van der Waals surface area contributed by atoms with Gasteiger partial charge in [-0.3, -0.25) is 4.79 Å². The fourth-order valence-electron chi connectivity index (χ4n) is 2.35. The van der Waals surface area contributed by atoms with E-state index in [0.717, 1.165) is 30.5 Å². The largest absolute Gasteiger partial charge is 0.465 e. The lowest BCUT2D eigenvalue weighted by atomic mass is 9.90. The van der Waals surface area contributed by atoms with Gasteiger partial charge in [-0.15, -0.1) is 0 Å². The van der Waals surface area contributed by atoms with Crippen molar-refractivity contribution in [1.29, 1.82) is 0 Å². The molecule has 1 saturated carbocycles. The van der Waals surface area contributed by atoms with E-state index in [1.165, 1.54) is 7.11 Å². The van der Waals surface area contributed by atoms with E-state index in [2.05, 4.69) is 10.1 Å². The van der Waals surface area contributed by atoms with Gasteiger partial charge in [0.2, 0.25) is 5.91 Å². The monoisotopic (exact) mass is 231 g/mol. The number of hydrogen-bond donors (Lipinski definition) is 1. The Labute approximate surface area is 99.0 Å². The van der Waals surface area contributed by atoms with Crippen molar-refractivity contribution in [2.45, 2.75) is 19.3 Å². The zero-order valence-corrected chi connectivity index (χ0v) is 9.58. The van der Waals surface area contributed by atoms with Crippen molar-refractivity contribution in [3.05, 3.63) is 29.3 Å². The summed E-state index contributed by atoms with van der Waals surface area (Å²) in [4.78, 5) is 23.3. The molecule has 1 aliphatic heterocycles. The summed E-state index contributed by atoms with van der Waals surface area (Å²) in [6.45, 7) is 0. The molecule has 4 nitrogen and oxygen atoms in total. The van der Waals surface area contributed by atoms with Crippen LogP contribution in [0.4, 0.5) is 5.69 Å². The Morgan fingerprint density at radius 1 is 1.41 bits per heavy atom. The highest BCUT2D eigenvalue weighted by molar-refractivity contribution is 6.01. The van der Waals surface area contributed by atoms with Crippen LogP contribution in [0.3, 0.4) is 0 Å². The van der Waals surface area contributed by atoms with Gasteiger partial charge >= 0.3 is 5.97 Å². The highest BCUT2D eigenvalue weighted by atomic mass is 16.5. The van der Waals surface area contributed by atoms with Gasteiger partial charge in [0.25, 0.3) is 0 Å². The van der Waals surface area contributed by atoms with Crippen LogP contribution in [0.5, 0.6) is 0 Å². The third-order valence-corrected chi connectivity index (χ3v) is 3.64. The summed E-state index contributed by atoms with van der Waals surface area (Å²) >= 11 is 0. The fraction of sp³-hybridized carbons (Fsp3) is 0.385. The molecule has 0 aromatic heterocycles. The highest BCUT2D eigenvalue weighted by Gasteiger charge is 2.52. The number of rotatable bonds is 1. The zero-order chi connectivity index (χ0) is 12.0. The molecule has 1 spiro atoms. The minimum Gasteiger partial charge on any atom is -0.465 e. The maximum absolute atomic E-state index is 11.9. The first-order valence-electron chi connectivity index (χ1n) is 5.67. The molecular weight excluding hydrogens is 218 g/mol. The smallest absolute Gasteiger partial charge is 0.337 e. The second-order valence-corrected chi connectivity index (χ2v) is 4.77. The number of carbonyl (C=O) groups is 2. The van der Waals surface area contributed by atoms with Crippen molar-refractivity contribution >= 4 is 17.6 Å². The molecule has 17 heavy (non-hydrogen) atoms. The summed E-state index contributed by atoms with van der Waals surface area (Å²) in [5.41, 5.74) is 2.17. The number of ether oxygens (including phenoxy) is 1. The van der Waals surface area contributed by atoms with Crippen LogP contribution in [-0.2, 0) is 16.0 Å². The Morgan fingerprint density at radius 3 is 2.82 bits per heavy atom. The minimum atomic E-state index is -0.381. The number of methoxy groups -OCH3 is 1. The third kappa shape index (κ3) is 1.52. The van der Waals surface area contributed by atoms with Gasteiger partial charge in [-0.1, -0.05) is 6.07 Å². The van der Waals surface area contributed by atoms with Crippen molar-refractivity contribution in [3.8, 4) is 0 Å². The van der Waals surface area contributed by atoms with Crippen LogP contribution in [0.25, 0.3) is 0 Å². The number of amides is 1. The molecule has 0 saturated heterocycles. The van der Waals surface area contributed by atoms with E-state index < -0.39 is 0 Å². The van der Waals surface area contributed by atoms with E-state index in [1.807, 2.05) is 6.07 Å². The Hall–Kier alpha value is -1.84. The van der Waals surface area contributed by atoms with Gasteiger partial charge in [0.1, 0.15) is 0 Å². The first kappa shape index (κ1) is 10.3. The Balaban J connectivity index is 1.97. The number of hydrogen-bond acceptors (Lipinski definition) is 3. The number of fused-ring (bicyclic) bond motifs is 1. The van der Waals surface area contributed by atoms with Crippen LogP contribution >= 0.6 is 0 Å². The van der Waals surface area contributed by atoms with Crippen LogP contribution in [0.15, 0.2) is 18.2 Å². The van der Waals surface area contributed by atoms with E-state index in [4.69, 9.17) is 0 Å². The van der Waals surface area contributed by atoms with Crippen molar-refractivity contribution in [2.24, 2.45) is 5.41 Å². The second kappa shape index (κ2) is 3.32. The molecule has 1 heterocycles. The van der Waals surface area contributed by atoms with Gasteiger partial charge in [0.15, 0.2) is 0 Å². The lowest BCUT2D eigenvalue weighted by molar-refractivity contribution is -0.121. The molecule has 1 aromatic rings. The molecule has 4 heteroatoms. The molecule has 0 radical (unpaired) electrons. The van der Waals surface area contributed by atoms with E-state index in [0.29, 0.717) is 5.56 Å². The first-order valence-corrected chi connectivity index (χ1v) is 5.67. The van der Waals surface area contributed by atoms with Crippen LogP contribution in [0.2, 0.25) is 0 Å². The summed E-state index contributed by atoms with van der Waals surface area (Å²) in [5.74, 6) is -0.291. The maximum Gasteiger partial charge on any atom is 0.337 e. The summed E-state index contributed by atoms with van der Waals surface area (Å²) < 4.78 is 4.66. The molecule has 1 amide bonds. The zero-order valence-electron chi connectivity index (χ0n) is 9.58. The number of esters is 1. The summed E-state index contributed by atoms with van der Waals surface area (Å²) in [7, 11) is 1.35. The van der Waals surface area contributed by atoms with Crippen molar-refractivity contribution in [1.82, 2.24) is 0 Å². The molecular formula is C13H13NO3. The molecule has 88 valence electrons. The van der Waals surface area contributed by atoms with Crippen LogP contribution in [-0.4, -0.2) is 19.0 Å². The highest BCUT2D eigenvalue weighted by Crippen LogP contribution is 2.52. The number of anilines is 1. The van der Waals surface area contributed by atoms with Crippen LogP contribution in [0.1, 0.15) is 28.8 Å². The lowest BCUT2D eigenvalue weighted by Crippen LogP contribution is -2.31. The van der Waals surface area contributed by atoms with E-state index in [-0.39, 0.29) is 17.3 Å². The molecule has 1 N–H and O–H groups in total. The van der Waals surface area contributed by atoms with Gasteiger partial charge < -0.3 is 10.1 Å². The Bertz CT molecular complexity index is 517. The average Bonchev–Trinajstić information content (AvgIpc) is 3.10. The van der Waals surface area contributed by atoms with Gasteiger partial charge in [-0.05, 0) is 37.0 Å². The molecule has 0 bridgehead atoms. The van der Waals surface area contributed by atoms with Gasteiger partial charge in [-0.25, -0.2) is 4.79 Å². The molecule has 0 unspecified atom stereocenters. The second-order valence-electron chi connectivity index (χ2n) is 4.77. The molecule has 1 aromatic carbocycles. The van der Waals surface area contributed by atoms with Gasteiger partial charge in [0.05, 0.1) is 18.1 Å². The molecule has 2 aliphatic rings. The summed E-state index contributed by atoms with van der Waals surface area (Å²) in [6, 6.07) is 5.34. The van der Waals surface area contributed by atoms with E-state index in [1.54, 1.807) is 12.1 Å². The van der Waals surface area contributed by atoms with Crippen molar-refractivity contribution in [2.75, 3.05) is 12.4 Å². The predicted octanol–water partition coefficient (Wildman–Crippen LogP) is 1.75. The SMILES string of the molecule is COC(=O)c1ccc2c(c1)NC(=O)C1(CC1)C2. The van der Waals surface area contributed by atoms with E-state index in [9.17, 15) is 9.59 Å². The molecule has 1 aliphatic carbocycles. The van der Waals surface area contributed by atoms with Gasteiger partial charge in [0, 0.05) is 5.69 Å². The maximum atomic E-state index is 11.9. The number of nitrogens with one attached hydrogen (secondary N) is 1. The number of benzene rings is 1. The standard InChI is InChI=1S/C13H13NO3/c1-17-11(15)8-2-3-9-7-13(4-5-13)12(16)14-10(9)6-8/h2-3,6H,4-5,7H2,1H3,(H,14,16). The van der Waals surface area contributed by atoms with Crippen molar-refractivity contribution in [3.63, 3.8) is 0 Å². The fourth-order valence-corrected chi connectivity index (χ4v) is 2.35. The first-order chi connectivity index (χ1) is 8.14. The quantitative estimate of drug-likeness (QED) is 0.749. The third-order valence-electron chi connectivity index (χ3n) is 3.64. The molecule has 3 rings (SSSR count). The topological polar surface area (TPSA) is 55.4 Å². The summed E-state index contributed by atoms with van der Waals surface area (Å²) in [5, 5.41) is 2.89. The van der Waals surface area contributed by atoms with Crippen LogP contribution < -0.4 is 5.32 Å². The normalized spacial score (nSPS) is 19.5. The predicted molar refractivity (Wildman–Crippen MR) is 61.8 cm³/mol.